The number of aromatic nitrogens is 1. The molecule has 1 aliphatic rings. The SMILES string of the molecule is CCCOc1ccc(C2C(=C(O)c3cccc(OCCC)c3)C(=O)C(=O)N2c2nc3c(C)cc(C)cc3s2)cc1. The molecule has 0 aliphatic carbocycles. The van der Waals surface area contributed by atoms with E-state index in [0.717, 1.165) is 34.2 Å². The molecule has 1 atom stereocenters. The van der Waals surface area contributed by atoms with Gasteiger partial charge in [0, 0.05) is 5.56 Å². The Balaban J connectivity index is 1.66. The van der Waals surface area contributed by atoms with Crippen LogP contribution in [0.15, 0.2) is 66.2 Å². The molecule has 1 unspecified atom stereocenters. The number of ketones is 1. The highest BCUT2D eigenvalue weighted by Crippen LogP contribution is 2.45. The number of ether oxygens (including phenoxy) is 2. The maximum absolute atomic E-state index is 13.6. The number of rotatable bonds is 9. The molecule has 1 amide bonds. The van der Waals surface area contributed by atoms with Crippen molar-refractivity contribution in [3.05, 3.63) is 88.5 Å². The van der Waals surface area contributed by atoms with Gasteiger partial charge >= 0.3 is 5.91 Å². The maximum Gasteiger partial charge on any atom is 0.301 e. The van der Waals surface area contributed by atoms with Gasteiger partial charge < -0.3 is 14.6 Å². The van der Waals surface area contributed by atoms with Gasteiger partial charge in [0.05, 0.1) is 35.0 Å². The van der Waals surface area contributed by atoms with E-state index in [0.29, 0.717) is 41.0 Å². The standard InChI is InChI=1S/C32H32N2O5S/c1-5-14-38-23-12-10-21(11-13-23)28-26(29(35)22-8-7-9-24(18-22)39-15-6-2)30(36)31(37)34(28)32-33-27-20(4)16-19(3)17-25(27)40-32/h7-13,16-18,28,35H,5-6,14-15H2,1-4H3. The Kier molecular flexibility index (Phi) is 7.89. The number of amides is 1. The van der Waals surface area contributed by atoms with Crippen LogP contribution in [-0.2, 0) is 9.59 Å². The fraction of sp³-hybridized carbons (Fsp3) is 0.281. The number of anilines is 1. The predicted molar refractivity (Wildman–Crippen MR) is 158 cm³/mol. The number of carbonyl (C=O) groups is 2. The molecule has 2 heterocycles. The summed E-state index contributed by atoms with van der Waals surface area (Å²) in [6, 6.07) is 17.4. The molecule has 206 valence electrons. The number of aliphatic hydroxyl groups excluding tert-OH is 1. The quantitative estimate of drug-likeness (QED) is 0.134. The highest BCUT2D eigenvalue weighted by atomic mass is 32.1. The third-order valence-electron chi connectivity index (χ3n) is 6.72. The van der Waals surface area contributed by atoms with E-state index in [4.69, 9.17) is 14.5 Å². The van der Waals surface area contributed by atoms with Gasteiger partial charge in [-0.2, -0.15) is 0 Å². The zero-order valence-electron chi connectivity index (χ0n) is 23.1. The monoisotopic (exact) mass is 556 g/mol. The summed E-state index contributed by atoms with van der Waals surface area (Å²) in [5, 5.41) is 11.9. The number of nitrogens with zero attached hydrogens (tertiary/aromatic N) is 2. The van der Waals surface area contributed by atoms with Gasteiger partial charge in [-0.25, -0.2) is 4.98 Å². The molecule has 0 radical (unpaired) electrons. The van der Waals surface area contributed by atoms with Crippen molar-refractivity contribution in [3.63, 3.8) is 0 Å². The Labute approximate surface area is 237 Å². The van der Waals surface area contributed by atoms with Gasteiger partial charge in [0.2, 0.25) is 0 Å². The Hall–Kier alpha value is -4.17. The average molecular weight is 557 g/mol. The van der Waals surface area contributed by atoms with E-state index in [1.54, 1.807) is 24.3 Å². The third kappa shape index (κ3) is 5.19. The van der Waals surface area contributed by atoms with Crippen LogP contribution in [0.1, 0.15) is 55.0 Å². The molecular weight excluding hydrogens is 524 g/mol. The topological polar surface area (TPSA) is 89.0 Å². The number of Topliss-reactive ketones (excluding diaryl/α,β-unsaturated/α-hetero) is 1. The van der Waals surface area contributed by atoms with Crippen LogP contribution in [0.25, 0.3) is 16.0 Å². The summed E-state index contributed by atoms with van der Waals surface area (Å²) in [7, 11) is 0. The fourth-order valence-corrected chi connectivity index (χ4v) is 6.05. The zero-order chi connectivity index (χ0) is 28.4. The van der Waals surface area contributed by atoms with Crippen LogP contribution in [0, 0.1) is 13.8 Å². The van der Waals surface area contributed by atoms with Crippen LogP contribution in [-0.4, -0.2) is 35.0 Å². The lowest BCUT2D eigenvalue weighted by atomic mass is 9.95. The molecule has 0 bridgehead atoms. The van der Waals surface area contributed by atoms with Crippen molar-refractivity contribution in [1.82, 2.24) is 4.98 Å². The molecule has 0 spiro atoms. The van der Waals surface area contributed by atoms with Crippen LogP contribution >= 0.6 is 11.3 Å². The summed E-state index contributed by atoms with van der Waals surface area (Å²) < 4.78 is 12.4. The Bertz CT molecular complexity index is 1610. The van der Waals surface area contributed by atoms with Crippen molar-refractivity contribution >= 4 is 44.1 Å². The summed E-state index contributed by atoms with van der Waals surface area (Å²) in [6.45, 7) is 9.14. The van der Waals surface area contributed by atoms with Crippen LogP contribution in [0.2, 0.25) is 0 Å². The predicted octanol–water partition coefficient (Wildman–Crippen LogP) is 7.12. The van der Waals surface area contributed by atoms with Crippen molar-refractivity contribution < 1.29 is 24.2 Å². The Morgan fingerprint density at radius 1 is 0.950 bits per heavy atom. The average Bonchev–Trinajstić information content (AvgIpc) is 3.49. The van der Waals surface area contributed by atoms with Crippen molar-refractivity contribution in [3.8, 4) is 11.5 Å². The molecule has 1 N–H and O–H groups in total. The van der Waals surface area contributed by atoms with Gasteiger partial charge in [0.25, 0.3) is 5.78 Å². The molecule has 1 saturated heterocycles. The first-order valence-corrected chi connectivity index (χ1v) is 14.3. The van der Waals surface area contributed by atoms with Gasteiger partial charge in [-0.3, -0.25) is 14.5 Å². The van der Waals surface area contributed by atoms with Crippen molar-refractivity contribution in [2.24, 2.45) is 0 Å². The molecule has 0 saturated carbocycles. The summed E-state index contributed by atoms with van der Waals surface area (Å²) in [6.07, 6.45) is 1.71. The Morgan fingerprint density at radius 3 is 2.35 bits per heavy atom. The minimum absolute atomic E-state index is 0.00651. The minimum Gasteiger partial charge on any atom is -0.507 e. The zero-order valence-corrected chi connectivity index (χ0v) is 23.9. The molecular formula is C32H32N2O5S. The van der Waals surface area contributed by atoms with Crippen molar-refractivity contribution in [1.29, 1.82) is 0 Å². The molecule has 1 aromatic heterocycles. The maximum atomic E-state index is 13.6. The molecule has 3 aromatic carbocycles. The normalized spacial score (nSPS) is 16.6. The van der Waals surface area contributed by atoms with Gasteiger partial charge in [0.1, 0.15) is 17.3 Å². The first kappa shape index (κ1) is 27.4. The highest BCUT2D eigenvalue weighted by molar-refractivity contribution is 7.22. The lowest BCUT2D eigenvalue weighted by molar-refractivity contribution is -0.132. The Morgan fingerprint density at radius 2 is 1.65 bits per heavy atom. The second-order valence-electron chi connectivity index (χ2n) is 9.89. The van der Waals surface area contributed by atoms with E-state index in [1.165, 1.54) is 16.2 Å². The minimum atomic E-state index is -0.873. The van der Waals surface area contributed by atoms with E-state index in [-0.39, 0.29) is 11.3 Å². The third-order valence-corrected chi connectivity index (χ3v) is 7.72. The van der Waals surface area contributed by atoms with Crippen LogP contribution in [0.4, 0.5) is 5.13 Å². The van der Waals surface area contributed by atoms with E-state index < -0.39 is 17.7 Å². The van der Waals surface area contributed by atoms with Crippen molar-refractivity contribution in [2.75, 3.05) is 18.1 Å². The fourth-order valence-electron chi connectivity index (χ4n) is 4.88. The number of aryl methyl sites for hydroxylation is 2. The smallest absolute Gasteiger partial charge is 0.301 e. The number of carbonyl (C=O) groups excluding carboxylic acids is 2. The first-order valence-electron chi connectivity index (χ1n) is 13.5. The largest absolute Gasteiger partial charge is 0.507 e. The van der Waals surface area contributed by atoms with Gasteiger partial charge in [0.15, 0.2) is 5.13 Å². The van der Waals surface area contributed by atoms with Crippen LogP contribution in [0.3, 0.4) is 0 Å². The molecule has 4 aromatic rings. The second-order valence-corrected chi connectivity index (χ2v) is 10.9. The molecule has 40 heavy (non-hydrogen) atoms. The van der Waals surface area contributed by atoms with E-state index in [9.17, 15) is 14.7 Å². The summed E-state index contributed by atoms with van der Waals surface area (Å²) in [5.41, 5.74) is 3.94. The van der Waals surface area contributed by atoms with E-state index >= 15 is 0 Å². The number of hydrogen-bond acceptors (Lipinski definition) is 7. The van der Waals surface area contributed by atoms with Gasteiger partial charge in [-0.15, -0.1) is 0 Å². The van der Waals surface area contributed by atoms with Crippen LogP contribution in [0.5, 0.6) is 11.5 Å². The number of fused-ring (bicyclic) bond motifs is 1. The number of thiazole rings is 1. The number of hydrogen-bond donors (Lipinski definition) is 1. The van der Waals surface area contributed by atoms with Crippen LogP contribution < -0.4 is 14.4 Å². The molecule has 1 fully saturated rings. The number of benzene rings is 3. The van der Waals surface area contributed by atoms with E-state index in [2.05, 4.69) is 0 Å². The van der Waals surface area contributed by atoms with Gasteiger partial charge in [-0.05, 0) is 73.7 Å². The molecule has 7 nitrogen and oxygen atoms in total. The molecule has 8 heteroatoms. The van der Waals surface area contributed by atoms with E-state index in [1.807, 2.05) is 64.1 Å². The summed E-state index contributed by atoms with van der Waals surface area (Å²) in [4.78, 5) is 33.4. The summed E-state index contributed by atoms with van der Waals surface area (Å²) >= 11 is 1.36. The molecule has 5 rings (SSSR count). The summed E-state index contributed by atoms with van der Waals surface area (Å²) in [5.74, 6) is -0.488. The number of aliphatic hydroxyl groups is 1. The van der Waals surface area contributed by atoms with Crippen molar-refractivity contribution in [2.45, 2.75) is 46.6 Å². The lowest BCUT2D eigenvalue weighted by Crippen LogP contribution is -2.29. The first-order chi connectivity index (χ1) is 19.3. The second kappa shape index (κ2) is 11.5. The highest BCUT2D eigenvalue weighted by Gasteiger charge is 2.48. The van der Waals surface area contributed by atoms with Gasteiger partial charge in [-0.1, -0.05) is 55.5 Å². The lowest BCUT2D eigenvalue weighted by Gasteiger charge is -2.23. The molecule has 1 aliphatic heterocycles.